The molecule has 0 aliphatic rings. The summed E-state index contributed by atoms with van der Waals surface area (Å²) in [6.07, 6.45) is 3.36. The fraction of sp³-hybridized carbons (Fsp3) is 0.0385. The zero-order valence-electron chi connectivity index (χ0n) is 17.3. The lowest BCUT2D eigenvalue weighted by Gasteiger charge is -2.05. The van der Waals surface area contributed by atoms with Crippen LogP contribution in [0.25, 0.3) is 23.0 Å². The van der Waals surface area contributed by atoms with Crippen LogP contribution >= 0.6 is 11.6 Å². The molecule has 0 atom stereocenters. The number of benzene rings is 3. The summed E-state index contributed by atoms with van der Waals surface area (Å²) in [4.78, 5) is 12.8. The van der Waals surface area contributed by atoms with Crippen molar-refractivity contribution in [2.45, 2.75) is 6.92 Å². The zero-order chi connectivity index (χ0) is 22.5. The highest BCUT2D eigenvalue weighted by Crippen LogP contribution is 2.27. The van der Waals surface area contributed by atoms with Crippen LogP contribution in [0.2, 0.25) is 5.02 Å². The van der Waals surface area contributed by atoms with E-state index in [0.717, 1.165) is 16.8 Å². The monoisotopic (exact) mass is 438 g/mol. The third-order valence-corrected chi connectivity index (χ3v) is 5.11. The first-order chi connectivity index (χ1) is 15.5. The van der Waals surface area contributed by atoms with E-state index in [1.165, 1.54) is 0 Å². The molecular weight excluding hydrogens is 420 g/mol. The second kappa shape index (κ2) is 9.34. The van der Waals surface area contributed by atoms with Crippen molar-refractivity contribution < 1.29 is 4.79 Å². The molecule has 0 fully saturated rings. The first-order valence-corrected chi connectivity index (χ1v) is 10.3. The molecule has 0 spiro atoms. The molecule has 32 heavy (non-hydrogen) atoms. The number of amides is 1. The number of carbonyl (C=O) groups is 1. The Balaban J connectivity index is 1.74. The normalized spacial score (nSPS) is 11.1. The van der Waals surface area contributed by atoms with E-state index in [9.17, 15) is 10.1 Å². The third-order valence-electron chi connectivity index (χ3n) is 4.86. The molecule has 0 bridgehead atoms. The quantitative estimate of drug-likeness (QED) is 0.304. The Kier molecular flexibility index (Phi) is 6.16. The van der Waals surface area contributed by atoms with Gasteiger partial charge in [0.2, 0.25) is 0 Å². The minimum atomic E-state index is -0.481. The number of rotatable bonds is 5. The van der Waals surface area contributed by atoms with Gasteiger partial charge < -0.3 is 5.32 Å². The number of nitriles is 1. The van der Waals surface area contributed by atoms with Crippen molar-refractivity contribution in [1.29, 1.82) is 5.26 Å². The van der Waals surface area contributed by atoms with E-state index in [-0.39, 0.29) is 5.57 Å². The van der Waals surface area contributed by atoms with Crippen molar-refractivity contribution in [3.8, 4) is 23.0 Å². The van der Waals surface area contributed by atoms with Gasteiger partial charge in [-0.1, -0.05) is 59.6 Å². The van der Waals surface area contributed by atoms with Crippen LogP contribution in [0.3, 0.4) is 0 Å². The first-order valence-electron chi connectivity index (χ1n) is 9.94. The second-order valence-corrected chi connectivity index (χ2v) is 7.65. The maximum Gasteiger partial charge on any atom is 0.266 e. The van der Waals surface area contributed by atoms with E-state index in [2.05, 4.69) is 5.32 Å². The molecule has 1 aromatic heterocycles. The van der Waals surface area contributed by atoms with Crippen LogP contribution < -0.4 is 5.32 Å². The first kappa shape index (κ1) is 21.1. The number of nitrogens with one attached hydrogen (secondary N) is 1. The maximum atomic E-state index is 12.8. The second-order valence-electron chi connectivity index (χ2n) is 7.21. The number of halogens is 1. The molecule has 1 heterocycles. The number of nitrogens with zero attached hydrogens (tertiary/aromatic N) is 3. The molecule has 0 radical (unpaired) electrons. The van der Waals surface area contributed by atoms with E-state index >= 15 is 0 Å². The maximum absolute atomic E-state index is 12.8. The van der Waals surface area contributed by atoms with Crippen LogP contribution in [0.15, 0.2) is 90.6 Å². The molecule has 1 amide bonds. The topological polar surface area (TPSA) is 70.7 Å². The Hall–Kier alpha value is -4.14. The number of para-hydroxylation sites is 1. The average molecular weight is 439 g/mol. The van der Waals surface area contributed by atoms with Crippen molar-refractivity contribution in [3.05, 3.63) is 107 Å². The summed E-state index contributed by atoms with van der Waals surface area (Å²) in [5.41, 5.74) is 4.66. The van der Waals surface area contributed by atoms with Crippen LogP contribution in [0.1, 0.15) is 11.1 Å². The van der Waals surface area contributed by atoms with Crippen molar-refractivity contribution in [2.24, 2.45) is 0 Å². The van der Waals surface area contributed by atoms with Gasteiger partial charge in [0.05, 0.1) is 11.4 Å². The number of aryl methyl sites for hydroxylation is 1. The highest BCUT2D eigenvalue weighted by atomic mass is 35.5. The fourth-order valence-electron chi connectivity index (χ4n) is 3.18. The third kappa shape index (κ3) is 4.77. The summed E-state index contributed by atoms with van der Waals surface area (Å²) >= 11 is 6.04. The Morgan fingerprint density at radius 1 is 1.03 bits per heavy atom. The minimum Gasteiger partial charge on any atom is -0.321 e. The molecule has 5 nitrogen and oxygen atoms in total. The van der Waals surface area contributed by atoms with Gasteiger partial charge in [-0.15, -0.1) is 0 Å². The number of hydrogen-bond donors (Lipinski definition) is 1. The Morgan fingerprint density at radius 3 is 2.38 bits per heavy atom. The van der Waals surface area contributed by atoms with Crippen molar-refractivity contribution >= 4 is 29.3 Å². The predicted molar refractivity (Wildman–Crippen MR) is 127 cm³/mol. The summed E-state index contributed by atoms with van der Waals surface area (Å²) in [6, 6.07) is 26.3. The molecule has 156 valence electrons. The lowest BCUT2D eigenvalue weighted by atomic mass is 10.1. The van der Waals surface area contributed by atoms with Gasteiger partial charge in [-0.2, -0.15) is 10.4 Å². The molecule has 4 rings (SSSR count). The highest BCUT2D eigenvalue weighted by molar-refractivity contribution is 6.30. The van der Waals surface area contributed by atoms with Crippen LogP contribution in [0, 0.1) is 18.3 Å². The zero-order valence-corrected chi connectivity index (χ0v) is 18.0. The Labute approximate surface area is 191 Å². The van der Waals surface area contributed by atoms with Gasteiger partial charge in [0.25, 0.3) is 5.91 Å². The van der Waals surface area contributed by atoms with Gasteiger partial charge in [0.1, 0.15) is 11.6 Å². The number of carbonyl (C=O) groups excluding carboxylic acids is 1. The standard InChI is InChI=1S/C26H19ClN4O/c1-18-7-13-23(14-8-18)29-26(32)20(16-28)15-21-17-31(24-5-3-2-4-6-24)30-25(21)19-9-11-22(27)12-10-19/h2-15,17H,1H3,(H,29,32)/b20-15+. The smallest absolute Gasteiger partial charge is 0.266 e. The SMILES string of the molecule is Cc1ccc(NC(=O)/C(C#N)=C/c2cn(-c3ccccc3)nc2-c2ccc(Cl)cc2)cc1. The van der Waals surface area contributed by atoms with Crippen molar-refractivity contribution in [2.75, 3.05) is 5.32 Å². The van der Waals surface area contributed by atoms with E-state index in [1.54, 1.807) is 41.2 Å². The van der Waals surface area contributed by atoms with Crippen molar-refractivity contribution in [3.63, 3.8) is 0 Å². The Bertz CT molecular complexity index is 1320. The number of hydrogen-bond acceptors (Lipinski definition) is 3. The molecule has 3 aromatic carbocycles. The molecule has 6 heteroatoms. The summed E-state index contributed by atoms with van der Waals surface area (Å²) in [5.74, 6) is -0.481. The molecule has 0 unspecified atom stereocenters. The summed E-state index contributed by atoms with van der Waals surface area (Å²) in [6.45, 7) is 1.97. The van der Waals surface area contributed by atoms with Crippen LogP contribution in [-0.4, -0.2) is 15.7 Å². The highest BCUT2D eigenvalue weighted by Gasteiger charge is 2.15. The van der Waals surface area contributed by atoms with Gasteiger partial charge >= 0.3 is 0 Å². The van der Waals surface area contributed by atoms with Crippen molar-refractivity contribution in [1.82, 2.24) is 9.78 Å². The fourth-order valence-corrected chi connectivity index (χ4v) is 3.30. The summed E-state index contributed by atoms with van der Waals surface area (Å²) in [7, 11) is 0. The van der Waals surface area contributed by atoms with Crippen LogP contribution in [0.5, 0.6) is 0 Å². The number of anilines is 1. The minimum absolute atomic E-state index is 0.0200. The van der Waals surface area contributed by atoms with E-state index in [4.69, 9.17) is 16.7 Å². The molecule has 0 aliphatic heterocycles. The summed E-state index contributed by atoms with van der Waals surface area (Å²) < 4.78 is 1.72. The number of aromatic nitrogens is 2. The van der Waals surface area contributed by atoms with Gasteiger partial charge in [0.15, 0.2) is 0 Å². The largest absolute Gasteiger partial charge is 0.321 e. The average Bonchev–Trinajstić information content (AvgIpc) is 3.24. The van der Waals surface area contributed by atoms with Gasteiger partial charge in [0, 0.05) is 28.0 Å². The van der Waals surface area contributed by atoms with E-state index < -0.39 is 5.91 Å². The lowest BCUT2D eigenvalue weighted by molar-refractivity contribution is -0.112. The lowest BCUT2D eigenvalue weighted by Crippen LogP contribution is -2.13. The molecule has 4 aromatic rings. The van der Waals surface area contributed by atoms with Gasteiger partial charge in [-0.05, 0) is 49.4 Å². The Morgan fingerprint density at radius 2 is 1.72 bits per heavy atom. The van der Waals surface area contributed by atoms with Gasteiger partial charge in [-0.3, -0.25) is 4.79 Å². The van der Waals surface area contributed by atoms with Gasteiger partial charge in [-0.25, -0.2) is 4.68 Å². The molecule has 0 saturated carbocycles. The van der Waals surface area contributed by atoms with Crippen LogP contribution in [-0.2, 0) is 4.79 Å². The predicted octanol–water partition coefficient (Wildman–Crippen LogP) is 6.05. The molecule has 1 N–H and O–H groups in total. The van der Waals surface area contributed by atoms with Crippen LogP contribution in [0.4, 0.5) is 5.69 Å². The molecule has 0 aliphatic carbocycles. The van der Waals surface area contributed by atoms with E-state index in [0.29, 0.717) is 22.0 Å². The molecule has 0 saturated heterocycles. The summed E-state index contributed by atoms with van der Waals surface area (Å²) in [5, 5.41) is 17.8. The molecular formula is C26H19ClN4O. The van der Waals surface area contributed by atoms with E-state index in [1.807, 2.05) is 67.6 Å².